The number of nitrogens with zero attached hydrogens (tertiary/aromatic N) is 1. The highest BCUT2D eigenvalue weighted by molar-refractivity contribution is 6.36. The van der Waals surface area contributed by atoms with E-state index >= 15 is 0 Å². The predicted octanol–water partition coefficient (Wildman–Crippen LogP) is 8.58. The first kappa shape index (κ1) is 38.4. The number of rotatable bonds is 16. The van der Waals surface area contributed by atoms with Gasteiger partial charge >= 0.3 is 5.97 Å². The van der Waals surface area contributed by atoms with Crippen LogP contribution in [0, 0.1) is 5.41 Å². The molecule has 278 valence electrons. The molecule has 0 spiro atoms. The molecule has 6 rings (SSSR count). The molecule has 5 N–H and O–H groups in total. The number of hydrogen-bond acceptors (Lipinski definition) is 7. The SMILES string of the molecule is COc1cc(CNc2cccc(-c3cccc(-c4ccc(CNCC5CCC(=O)N5)cc4)c3Cl)c2C=N)c(Cl)cc1CN(C)c1ccc(CC(=O)O)cc1. The second-order valence-electron chi connectivity index (χ2n) is 13.4. The molecule has 11 heteroatoms. The lowest BCUT2D eigenvalue weighted by Gasteiger charge is -2.22. The molecular formula is C43H43Cl2N5O4. The number of hydrogen-bond donors (Lipinski definition) is 5. The maximum absolute atomic E-state index is 11.5. The van der Waals surface area contributed by atoms with Crippen LogP contribution < -0.4 is 25.6 Å². The van der Waals surface area contributed by atoms with E-state index < -0.39 is 5.97 Å². The van der Waals surface area contributed by atoms with E-state index in [1.54, 1.807) is 7.11 Å². The van der Waals surface area contributed by atoms with E-state index in [1.165, 1.54) is 6.21 Å². The Bertz CT molecular complexity index is 2140. The number of carbonyl (C=O) groups is 2. The van der Waals surface area contributed by atoms with Crippen LogP contribution in [0.3, 0.4) is 0 Å². The van der Waals surface area contributed by atoms with Gasteiger partial charge in [0.15, 0.2) is 0 Å². The number of nitrogens with one attached hydrogen (secondary N) is 4. The molecule has 0 saturated carbocycles. The molecule has 0 radical (unpaired) electrons. The van der Waals surface area contributed by atoms with Crippen molar-refractivity contribution in [3.63, 3.8) is 0 Å². The van der Waals surface area contributed by atoms with E-state index in [1.807, 2.05) is 84.7 Å². The van der Waals surface area contributed by atoms with Crippen molar-refractivity contribution in [3.8, 4) is 28.0 Å². The third-order valence-corrected chi connectivity index (χ3v) is 10.4. The van der Waals surface area contributed by atoms with Crippen molar-refractivity contribution >= 4 is 52.7 Å². The van der Waals surface area contributed by atoms with Crippen LogP contribution in [-0.4, -0.2) is 49.9 Å². The van der Waals surface area contributed by atoms with Crippen molar-refractivity contribution in [1.29, 1.82) is 5.41 Å². The fourth-order valence-corrected chi connectivity index (χ4v) is 7.35. The van der Waals surface area contributed by atoms with Gasteiger partial charge in [-0.15, -0.1) is 0 Å². The predicted molar refractivity (Wildman–Crippen MR) is 218 cm³/mol. The van der Waals surface area contributed by atoms with Crippen molar-refractivity contribution in [2.24, 2.45) is 0 Å². The maximum atomic E-state index is 11.5. The number of carbonyl (C=O) groups excluding carboxylic acids is 1. The number of carboxylic acid groups (broad SMARTS) is 1. The Balaban J connectivity index is 1.15. The minimum absolute atomic E-state index is 0.0185. The third-order valence-electron chi connectivity index (χ3n) is 9.67. The maximum Gasteiger partial charge on any atom is 0.307 e. The van der Waals surface area contributed by atoms with E-state index in [0.29, 0.717) is 47.4 Å². The molecule has 0 bridgehead atoms. The van der Waals surface area contributed by atoms with Crippen LogP contribution in [0.25, 0.3) is 22.3 Å². The summed E-state index contributed by atoms with van der Waals surface area (Å²) in [7, 11) is 3.59. The lowest BCUT2D eigenvalue weighted by Crippen LogP contribution is -2.35. The van der Waals surface area contributed by atoms with Gasteiger partial charge in [0.2, 0.25) is 5.91 Å². The highest BCUT2D eigenvalue weighted by Gasteiger charge is 2.20. The molecule has 5 aromatic rings. The molecule has 1 aliphatic heterocycles. The van der Waals surface area contributed by atoms with Crippen LogP contribution in [-0.2, 0) is 35.6 Å². The summed E-state index contributed by atoms with van der Waals surface area (Å²) in [5.41, 5.74) is 9.58. The normalized spacial score (nSPS) is 13.7. The van der Waals surface area contributed by atoms with Gasteiger partial charge in [0.25, 0.3) is 0 Å². The zero-order valence-electron chi connectivity index (χ0n) is 30.2. The van der Waals surface area contributed by atoms with E-state index in [-0.39, 0.29) is 18.4 Å². The van der Waals surface area contributed by atoms with Crippen LogP contribution in [0.1, 0.15) is 40.7 Å². The quantitative estimate of drug-likeness (QED) is 0.0638. The Morgan fingerprint density at radius 3 is 2.33 bits per heavy atom. The monoisotopic (exact) mass is 763 g/mol. The highest BCUT2D eigenvalue weighted by Crippen LogP contribution is 2.39. The average molecular weight is 765 g/mol. The van der Waals surface area contributed by atoms with Gasteiger partial charge in [0.05, 0.1) is 18.6 Å². The number of ether oxygens (including phenoxy) is 1. The zero-order valence-corrected chi connectivity index (χ0v) is 31.7. The Hall–Kier alpha value is -5.35. The largest absolute Gasteiger partial charge is 0.496 e. The van der Waals surface area contributed by atoms with Gasteiger partial charge in [-0.05, 0) is 64.6 Å². The summed E-state index contributed by atoms with van der Waals surface area (Å²) < 4.78 is 5.78. The molecule has 0 aromatic heterocycles. The molecule has 54 heavy (non-hydrogen) atoms. The molecule has 1 saturated heterocycles. The minimum atomic E-state index is -0.863. The number of benzene rings is 5. The molecule has 1 fully saturated rings. The van der Waals surface area contributed by atoms with Crippen LogP contribution in [0.5, 0.6) is 5.75 Å². The van der Waals surface area contributed by atoms with Crippen LogP contribution in [0.2, 0.25) is 10.0 Å². The summed E-state index contributed by atoms with van der Waals surface area (Å²) >= 11 is 13.9. The average Bonchev–Trinajstić information content (AvgIpc) is 3.59. The molecule has 1 atom stereocenters. The number of anilines is 2. The second kappa shape index (κ2) is 17.6. The van der Waals surface area contributed by atoms with E-state index in [9.17, 15) is 9.59 Å². The van der Waals surface area contributed by atoms with Gasteiger partial charge in [0, 0.05) is 90.6 Å². The fourth-order valence-electron chi connectivity index (χ4n) is 6.76. The van der Waals surface area contributed by atoms with Crippen molar-refractivity contribution in [2.75, 3.05) is 30.9 Å². The van der Waals surface area contributed by atoms with Gasteiger partial charge in [-0.1, -0.05) is 89.9 Å². The number of halogens is 2. The molecule has 1 amide bonds. The number of amides is 1. The summed E-state index contributed by atoms with van der Waals surface area (Å²) in [5, 5.41) is 28.6. The van der Waals surface area contributed by atoms with Crippen LogP contribution >= 0.6 is 23.2 Å². The molecule has 1 heterocycles. The summed E-state index contributed by atoms with van der Waals surface area (Å²) in [6.07, 6.45) is 2.79. The summed E-state index contributed by atoms with van der Waals surface area (Å²) in [4.78, 5) is 24.6. The highest BCUT2D eigenvalue weighted by atomic mass is 35.5. The molecule has 1 unspecified atom stereocenters. The van der Waals surface area contributed by atoms with Gasteiger partial charge < -0.3 is 36.1 Å². The molecule has 1 aliphatic rings. The van der Waals surface area contributed by atoms with Crippen LogP contribution in [0.15, 0.2) is 97.1 Å². The topological polar surface area (TPSA) is 127 Å². The molecule has 5 aromatic carbocycles. The van der Waals surface area contributed by atoms with Gasteiger partial charge in [-0.2, -0.15) is 0 Å². The molecular weight excluding hydrogens is 721 g/mol. The number of carboxylic acids is 1. The standard InChI is InChI=1S/C43H43Cl2N5O4/c1-50(33-16-11-27(12-17-33)19-42(52)53)26-31-20-38(44)30(21-40(31)54-2)24-48-39-8-4-6-35(37(39)22-46)36-7-3-5-34(43(36)45)29-13-9-28(10-14-29)23-47-25-32-15-18-41(51)49-32/h3-14,16-17,20-22,32,46-48H,15,18-19,23-26H2,1-2H3,(H,49,51)(H,52,53). The molecule has 0 aliphatic carbocycles. The number of aliphatic carboxylic acids is 1. The lowest BCUT2D eigenvalue weighted by atomic mass is 9.94. The van der Waals surface area contributed by atoms with E-state index in [2.05, 4.69) is 40.2 Å². The first-order chi connectivity index (χ1) is 26.1. The Morgan fingerprint density at radius 2 is 1.65 bits per heavy atom. The first-order valence-electron chi connectivity index (χ1n) is 17.8. The second-order valence-corrected chi connectivity index (χ2v) is 14.2. The van der Waals surface area contributed by atoms with Crippen molar-refractivity contribution in [1.82, 2.24) is 10.6 Å². The fraction of sp³-hybridized carbons (Fsp3) is 0.233. The summed E-state index contributed by atoms with van der Waals surface area (Å²) in [5.74, 6) is -0.0479. The summed E-state index contributed by atoms with van der Waals surface area (Å²) in [6, 6.07) is 31.6. The van der Waals surface area contributed by atoms with Gasteiger partial charge in [-0.25, -0.2) is 0 Å². The number of methoxy groups -OCH3 is 1. The van der Waals surface area contributed by atoms with Crippen molar-refractivity contribution in [2.45, 2.75) is 44.9 Å². The first-order valence-corrected chi connectivity index (χ1v) is 18.5. The van der Waals surface area contributed by atoms with Gasteiger partial charge in [-0.3, -0.25) is 9.59 Å². The van der Waals surface area contributed by atoms with E-state index in [0.717, 1.165) is 68.8 Å². The van der Waals surface area contributed by atoms with Gasteiger partial charge in [0.1, 0.15) is 5.75 Å². The van der Waals surface area contributed by atoms with Crippen LogP contribution in [0.4, 0.5) is 11.4 Å². The third kappa shape index (κ3) is 9.23. The molecule has 9 nitrogen and oxygen atoms in total. The Kier molecular flexibility index (Phi) is 12.5. The Morgan fingerprint density at radius 1 is 0.944 bits per heavy atom. The lowest BCUT2D eigenvalue weighted by molar-refractivity contribution is -0.136. The summed E-state index contributed by atoms with van der Waals surface area (Å²) in [6.45, 7) is 2.37. The minimum Gasteiger partial charge on any atom is -0.496 e. The van der Waals surface area contributed by atoms with Crippen molar-refractivity contribution < 1.29 is 19.4 Å². The van der Waals surface area contributed by atoms with Crippen molar-refractivity contribution in [3.05, 3.63) is 135 Å². The van der Waals surface area contributed by atoms with E-state index in [4.69, 9.17) is 38.5 Å². The smallest absolute Gasteiger partial charge is 0.307 e. The Labute approximate surface area is 325 Å². The zero-order chi connectivity index (χ0) is 38.2.